The quantitative estimate of drug-likeness (QED) is 0.187. The number of carbonyl (C=O) groups excluding carboxylic acids is 1. The molecule has 1 atom stereocenters. The SMILES string of the molecule is CPc1cc(-c2ccc(OC#N)cc2)ccc1/C=C/C(=O)OCCc1cccc(N)c1. The first-order valence-corrected chi connectivity index (χ1v) is 11.3. The predicted octanol–water partition coefficient (Wildman–Crippen LogP) is 4.53. The summed E-state index contributed by atoms with van der Waals surface area (Å²) in [7, 11) is 0.569. The lowest BCUT2D eigenvalue weighted by atomic mass is 10.0. The van der Waals surface area contributed by atoms with Crippen LogP contribution in [-0.2, 0) is 16.0 Å². The topological polar surface area (TPSA) is 85.3 Å². The van der Waals surface area contributed by atoms with Crippen LogP contribution in [0.15, 0.2) is 72.8 Å². The molecule has 0 radical (unpaired) electrons. The summed E-state index contributed by atoms with van der Waals surface area (Å²) < 4.78 is 10.1. The van der Waals surface area contributed by atoms with Gasteiger partial charge in [-0.2, -0.15) is 0 Å². The number of hydrogen-bond donors (Lipinski definition) is 1. The number of nitrogens with two attached hydrogens (primary N) is 1. The van der Waals surface area contributed by atoms with Crippen LogP contribution in [0.25, 0.3) is 17.2 Å². The number of ether oxygens (including phenoxy) is 2. The number of nitriles is 1. The summed E-state index contributed by atoms with van der Waals surface area (Å²) in [6.45, 7) is 2.41. The van der Waals surface area contributed by atoms with Gasteiger partial charge in [0.1, 0.15) is 5.75 Å². The van der Waals surface area contributed by atoms with Crippen molar-refractivity contribution in [1.82, 2.24) is 0 Å². The number of nitrogen functional groups attached to an aromatic ring is 1. The Kier molecular flexibility index (Phi) is 7.81. The maximum absolute atomic E-state index is 12.1. The summed E-state index contributed by atoms with van der Waals surface area (Å²) in [6, 6.07) is 21.0. The minimum Gasteiger partial charge on any atom is -0.462 e. The van der Waals surface area contributed by atoms with Crippen molar-refractivity contribution in [3.63, 3.8) is 0 Å². The van der Waals surface area contributed by atoms with Crippen LogP contribution >= 0.6 is 8.58 Å². The summed E-state index contributed by atoms with van der Waals surface area (Å²) in [5.41, 5.74) is 10.6. The molecule has 0 fully saturated rings. The van der Waals surface area contributed by atoms with Gasteiger partial charge in [0.25, 0.3) is 6.26 Å². The molecule has 0 spiro atoms. The van der Waals surface area contributed by atoms with E-state index in [1.807, 2.05) is 48.5 Å². The third-order valence-electron chi connectivity index (χ3n) is 4.66. The molecule has 6 heteroatoms. The van der Waals surface area contributed by atoms with Gasteiger partial charge in [-0.3, -0.25) is 0 Å². The van der Waals surface area contributed by atoms with Crippen molar-refractivity contribution in [1.29, 1.82) is 5.26 Å². The van der Waals surface area contributed by atoms with Gasteiger partial charge in [0.15, 0.2) is 0 Å². The fourth-order valence-corrected chi connectivity index (χ4v) is 3.85. The van der Waals surface area contributed by atoms with Gasteiger partial charge in [0, 0.05) is 18.2 Å². The molecule has 0 saturated heterocycles. The van der Waals surface area contributed by atoms with Crippen molar-refractivity contribution in [2.24, 2.45) is 0 Å². The standard InChI is InChI=1S/C25H23N2O3P/c1-31-24-16-21(19-7-10-23(11-8-19)30-17-26)6-5-20(24)9-12-25(28)29-14-13-18-3-2-4-22(27)15-18/h2-12,15-16,31H,13-14,27H2,1H3/b12-9+. The molecule has 3 aromatic rings. The Labute approximate surface area is 183 Å². The highest BCUT2D eigenvalue weighted by Gasteiger charge is 2.05. The van der Waals surface area contributed by atoms with Gasteiger partial charge in [-0.25, -0.2) is 4.79 Å². The Bertz CT molecular complexity index is 1120. The lowest BCUT2D eigenvalue weighted by molar-refractivity contribution is -0.137. The van der Waals surface area contributed by atoms with Crippen LogP contribution in [0.4, 0.5) is 5.69 Å². The highest BCUT2D eigenvalue weighted by molar-refractivity contribution is 7.46. The lowest BCUT2D eigenvalue weighted by Crippen LogP contribution is -2.06. The van der Waals surface area contributed by atoms with E-state index in [-0.39, 0.29) is 5.97 Å². The van der Waals surface area contributed by atoms with Gasteiger partial charge in [-0.05, 0) is 70.6 Å². The Morgan fingerprint density at radius 1 is 1.10 bits per heavy atom. The van der Waals surface area contributed by atoms with Crippen molar-refractivity contribution in [2.45, 2.75) is 6.42 Å². The molecule has 3 aromatic carbocycles. The average molecular weight is 430 g/mol. The number of esters is 1. The van der Waals surface area contributed by atoms with E-state index in [4.69, 9.17) is 20.5 Å². The molecule has 31 heavy (non-hydrogen) atoms. The van der Waals surface area contributed by atoms with E-state index in [1.54, 1.807) is 24.5 Å². The van der Waals surface area contributed by atoms with Gasteiger partial charge in [0.2, 0.25) is 0 Å². The first kappa shape index (κ1) is 22.1. The van der Waals surface area contributed by atoms with Crippen molar-refractivity contribution >= 4 is 31.6 Å². The first-order valence-electron chi connectivity index (χ1n) is 9.76. The van der Waals surface area contributed by atoms with Gasteiger partial charge in [-0.1, -0.05) is 45.0 Å². The van der Waals surface area contributed by atoms with Gasteiger partial charge in [-0.15, -0.1) is 5.26 Å². The highest BCUT2D eigenvalue weighted by Crippen LogP contribution is 2.24. The zero-order valence-electron chi connectivity index (χ0n) is 17.2. The summed E-state index contributed by atoms with van der Waals surface area (Å²) in [6.07, 6.45) is 5.55. The van der Waals surface area contributed by atoms with Crippen LogP contribution in [0.5, 0.6) is 5.75 Å². The van der Waals surface area contributed by atoms with Crippen LogP contribution < -0.4 is 15.8 Å². The molecule has 0 heterocycles. The summed E-state index contributed by atoms with van der Waals surface area (Å²) >= 11 is 0. The average Bonchev–Trinajstić information content (AvgIpc) is 2.78. The first-order chi connectivity index (χ1) is 15.1. The van der Waals surface area contributed by atoms with Gasteiger partial charge < -0.3 is 15.2 Å². The predicted molar refractivity (Wildman–Crippen MR) is 127 cm³/mol. The van der Waals surface area contributed by atoms with Crippen molar-refractivity contribution in [2.75, 3.05) is 19.0 Å². The zero-order chi connectivity index (χ0) is 22.1. The number of anilines is 1. The van der Waals surface area contributed by atoms with Crippen LogP contribution in [0, 0.1) is 11.5 Å². The maximum atomic E-state index is 12.1. The largest absolute Gasteiger partial charge is 0.462 e. The number of benzene rings is 3. The van der Waals surface area contributed by atoms with E-state index >= 15 is 0 Å². The van der Waals surface area contributed by atoms with Crippen LogP contribution in [0.3, 0.4) is 0 Å². The Morgan fingerprint density at radius 2 is 1.87 bits per heavy atom. The van der Waals surface area contributed by atoms with Crippen LogP contribution in [0.2, 0.25) is 0 Å². The molecule has 1 unspecified atom stereocenters. The molecule has 156 valence electrons. The third-order valence-corrected chi connectivity index (χ3v) is 5.63. The van der Waals surface area contributed by atoms with Crippen molar-refractivity contribution < 1.29 is 14.3 Å². The second-order valence-electron chi connectivity index (χ2n) is 6.77. The van der Waals surface area contributed by atoms with E-state index in [2.05, 4.69) is 12.7 Å². The van der Waals surface area contributed by atoms with E-state index in [9.17, 15) is 4.79 Å². The number of hydrogen-bond acceptors (Lipinski definition) is 5. The monoisotopic (exact) mass is 430 g/mol. The number of carbonyl (C=O) groups is 1. The third kappa shape index (κ3) is 6.44. The maximum Gasteiger partial charge on any atom is 0.330 e. The Morgan fingerprint density at radius 3 is 2.58 bits per heavy atom. The molecule has 0 aromatic heterocycles. The van der Waals surface area contributed by atoms with Gasteiger partial charge in [0.05, 0.1) is 6.61 Å². The molecule has 0 amide bonds. The molecule has 5 nitrogen and oxygen atoms in total. The smallest absolute Gasteiger partial charge is 0.330 e. The van der Waals surface area contributed by atoms with E-state index in [0.29, 0.717) is 33.0 Å². The van der Waals surface area contributed by atoms with Crippen molar-refractivity contribution in [3.05, 3.63) is 83.9 Å². The minimum absolute atomic E-state index is 0.305. The molecule has 0 bridgehead atoms. The fourth-order valence-electron chi connectivity index (χ4n) is 3.09. The zero-order valence-corrected chi connectivity index (χ0v) is 18.2. The van der Waals surface area contributed by atoms with E-state index in [0.717, 1.165) is 27.6 Å². The molecule has 2 N–H and O–H groups in total. The number of rotatable bonds is 8. The Balaban J connectivity index is 1.62. The second kappa shape index (κ2) is 11.0. The van der Waals surface area contributed by atoms with Crippen molar-refractivity contribution in [3.8, 4) is 23.1 Å². The molecule has 3 rings (SSSR count). The minimum atomic E-state index is -0.369. The van der Waals surface area contributed by atoms with Crippen LogP contribution in [0.1, 0.15) is 11.1 Å². The molecule has 0 saturated carbocycles. The van der Waals surface area contributed by atoms with Crippen LogP contribution in [-0.4, -0.2) is 19.2 Å². The van der Waals surface area contributed by atoms with Gasteiger partial charge >= 0.3 is 5.97 Å². The molecule has 0 aliphatic carbocycles. The van der Waals surface area contributed by atoms with E-state index < -0.39 is 0 Å². The Hall–Kier alpha value is -3.61. The summed E-state index contributed by atoms with van der Waals surface area (Å²) in [5, 5.41) is 9.74. The van der Waals surface area contributed by atoms with E-state index in [1.165, 1.54) is 6.08 Å². The number of nitrogens with zero attached hydrogens (tertiary/aromatic N) is 1. The summed E-state index contributed by atoms with van der Waals surface area (Å²) in [4.78, 5) is 12.1. The second-order valence-corrected chi connectivity index (χ2v) is 7.80. The fraction of sp³-hybridized carbons (Fsp3) is 0.120. The summed E-state index contributed by atoms with van der Waals surface area (Å²) in [5.74, 6) is 0.143. The molecular formula is C25H23N2O3P. The molecule has 0 aliphatic rings. The lowest BCUT2D eigenvalue weighted by Gasteiger charge is -2.09. The normalized spacial score (nSPS) is 11.0. The molecule has 0 aliphatic heterocycles. The molecular weight excluding hydrogens is 407 g/mol. The highest BCUT2D eigenvalue weighted by atomic mass is 31.1.